The van der Waals surface area contributed by atoms with Gasteiger partial charge in [0.25, 0.3) is 5.79 Å². The van der Waals surface area contributed by atoms with E-state index in [2.05, 4.69) is 18.2 Å². The number of ether oxygens (including phenoxy) is 1. The van der Waals surface area contributed by atoms with E-state index in [1.54, 1.807) is 0 Å². The van der Waals surface area contributed by atoms with Gasteiger partial charge < -0.3 is 14.9 Å². The first-order valence-electron chi connectivity index (χ1n) is 11.6. The van der Waals surface area contributed by atoms with E-state index in [1.807, 2.05) is 6.92 Å². The Morgan fingerprint density at radius 1 is 1.20 bits per heavy atom. The van der Waals surface area contributed by atoms with Crippen LogP contribution < -0.4 is 0 Å². The predicted molar refractivity (Wildman–Crippen MR) is 115 cm³/mol. The van der Waals surface area contributed by atoms with Gasteiger partial charge in [-0.25, -0.2) is 4.79 Å². The van der Waals surface area contributed by atoms with Crippen LogP contribution in [-0.2, 0) is 14.3 Å². The molecule has 2 N–H and O–H groups in total. The molecule has 0 aliphatic heterocycles. The number of rotatable bonds is 16. The average Bonchev–Trinajstić information content (AvgIpc) is 3.06. The highest BCUT2D eigenvalue weighted by Gasteiger charge is 2.35. The minimum atomic E-state index is -2.42. The maximum atomic E-state index is 12.2. The highest BCUT2D eigenvalue weighted by atomic mass is 16.6. The van der Waals surface area contributed by atoms with Crippen LogP contribution in [0.5, 0.6) is 0 Å². The number of nitriles is 1. The van der Waals surface area contributed by atoms with Crippen molar-refractivity contribution in [2.45, 2.75) is 103 Å². The summed E-state index contributed by atoms with van der Waals surface area (Å²) in [6, 6.07) is 2.16. The molecule has 0 aromatic heterocycles. The van der Waals surface area contributed by atoms with Crippen molar-refractivity contribution in [2.24, 2.45) is 11.8 Å². The third-order valence-corrected chi connectivity index (χ3v) is 5.80. The van der Waals surface area contributed by atoms with Gasteiger partial charge in [-0.15, -0.1) is 0 Å². The van der Waals surface area contributed by atoms with Gasteiger partial charge in [0.1, 0.15) is 5.78 Å². The summed E-state index contributed by atoms with van der Waals surface area (Å²) in [6.45, 7) is 2.17. The van der Waals surface area contributed by atoms with Crippen LogP contribution in [0.2, 0.25) is 0 Å². The Balaban J connectivity index is 2.25. The fraction of sp³-hybridized carbons (Fsp3) is 0.792. The number of Topliss-reactive ketones (excluding diaryl/α,β-unsaturated/α-hetero) is 1. The van der Waals surface area contributed by atoms with Crippen LogP contribution in [0.25, 0.3) is 0 Å². The largest absolute Gasteiger partial charge is 0.462 e. The van der Waals surface area contributed by atoms with Crippen molar-refractivity contribution in [1.82, 2.24) is 0 Å². The summed E-state index contributed by atoms with van der Waals surface area (Å²) in [4.78, 5) is 23.9. The van der Waals surface area contributed by atoms with Gasteiger partial charge in [0, 0.05) is 25.2 Å². The number of allylic oxidation sites excluding steroid dienone is 2. The number of hydrogen-bond donors (Lipinski definition) is 2. The number of nitrogens with zero attached hydrogens (tertiary/aromatic N) is 1. The van der Waals surface area contributed by atoms with Crippen molar-refractivity contribution < 1.29 is 24.5 Å². The molecule has 0 unspecified atom stereocenters. The zero-order valence-electron chi connectivity index (χ0n) is 18.5. The van der Waals surface area contributed by atoms with E-state index in [9.17, 15) is 19.8 Å². The topological polar surface area (TPSA) is 108 Å². The lowest BCUT2D eigenvalue weighted by Gasteiger charge is -2.20. The van der Waals surface area contributed by atoms with Crippen LogP contribution in [0, 0.1) is 23.2 Å². The molecule has 0 spiro atoms. The predicted octanol–water partition coefficient (Wildman–Crippen LogP) is 4.59. The molecule has 6 nitrogen and oxygen atoms in total. The Kier molecular flexibility index (Phi) is 13.3. The van der Waals surface area contributed by atoms with Crippen LogP contribution >= 0.6 is 0 Å². The van der Waals surface area contributed by atoms with Crippen molar-refractivity contribution in [2.75, 3.05) is 6.61 Å². The molecule has 6 heteroatoms. The molecule has 0 amide bonds. The molecule has 2 atom stereocenters. The molecule has 0 bridgehead atoms. The van der Waals surface area contributed by atoms with Crippen molar-refractivity contribution >= 4 is 11.8 Å². The number of hydrogen-bond acceptors (Lipinski definition) is 6. The van der Waals surface area contributed by atoms with Crippen molar-refractivity contribution in [3.05, 3.63) is 12.2 Å². The lowest BCUT2D eigenvalue weighted by molar-refractivity contribution is -0.212. The fourth-order valence-corrected chi connectivity index (χ4v) is 3.89. The average molecular weight is 422 g/mol. The van der Waals surface area contributed by atoms with Crippen LogP contribution in [0.4, 0.5) is 0 Å². The normalized spacial score (nSPS) is 19.3. The Bertz CT molecular complexity index is 579. The summed E-state index contributed by atoms with van der Waals surface area (Å²) in [5.41, 5.74) is 0. The summed E-state index contributed by atoms with van der Waals surface area (Å²) in [5, 5.41) is 28.3. The number of carbonyl (C=O) groups excluding carboxylic acids is 2. The van der Waals surface area contributed by atoms with Gasteiger partial charge in [0.15, 0.2) is 0 Å². The van der Waals surface area contributed by atoms with Crippen LogP contribution in [-0.4, -0.2) is 34.4 Å². The Morgan fingerprint density at radius 2 is 1.97 bits per heavy atom. The summed E-state index contributed by atoms with van der Waals surface area (Å²) >= 11 is 0. The van der Waals surface area contributed by atoms with E-state index in [0.29, 0.717) is 37.4 Å². The van der Waals surface area contributed by atoms with Crippen LogP contribution in [0.3, 0.4) is 0 Å². The van der Waals surface area contributed by atoms with E-state index in [1.165, 1.54) is 0 Å². The molecular weight excluding hydrogens is 382 g/mol. The smallest absolute Gasteiger partial charge is 0.366 e. The SMILES string of the molecule is CCCCOC(=O)C(O)(O)CCCCC[C@H]1C(=O)CC[C@@H]1C=CCCCCCC#N. The first-order chi connectivity index (χ1) is 14.4. The molecule has 1 aliphatic carbocycles. The quantitative estimate of drug-likeness (QED) is 0.163. The number of unbranched alkanes of at least 4 members (excludes halogenated alkanes) is 7. The van der Waals surface area contributed by atoms with Gasteiger partial charge in [-0.05, 0) is 50.9 Å². The summed E-state index contributed by atoms with van der Waals surface area (Å²) in [7, 11) is 0. The number of carbonyl (C=O) groups is 2. The highest BCUT2D eigenvalue weighted by Crippen LogP contribution is 2.34. The molecule has 0 aromatic carbocycles. The molecular formula is C24H39NO5. The zero-order chi connectivity index (χ0) is 22.2. The van der Waals surface area contributed by atoms with Gasteiger partial charge >= 0.3 is 5.97 Å². The second-order valence-corrected chi connectivity index (χ2v) is 8.37. The molecule has 1 rings (SSSR count). The molecule has 1 fully saturated rings. The Morgan fingerprint density at radius 3 is 2.70 bits per heavy atom. The molecule has 1 saturated carbocycles. The molecule has 0 aromatic rings. The first kappa shape index (κ1) is 26.3. The van der Waals surface area contributed by atoms with E-state index < -0.39 is 11.8 Å². The number of esters is 1. The van der Waals surface area contributed by atoms with Crippen LogP contribution in [0.15, 0.2) is 12.2 Å². The molecule has 170 valence electrons. The summed E-state index contributed by atoms with van der Waals surface area (Å²) < 4.78 is 4.88. The van der Waals surface area contributed by atoms with E-state index >= 15 is 0 Å². The van der Waals surface area contributed by atoms with Crippen molar-refractivity contribution in [1.29, 1.82) is 5.26 Å². The minimum Gasteiger partial charge on any atom is -0.462 e. The number of ketones is 1. The molecule has 1 aliphatic rings. The zero-order valence-corrected chi connectivity index (χ0v) is 18.5. The van der Waals surface area contributed by atoms with Gasteiger partial charge in [-0.3, -0.25) is 4.79 Å². The van der Waals surface area contributed by atoms with Gasteiger partial charge in [0.05, 0.1) is 12.7 Å². The van der Waals surface area contributed by atoms with Crippen molar-refractivity contribution in [3.63, 3.8) is 0 Å². The summed E-state index contributed by atoms with van der Waals surface area (Å²) in [6.07, 6.45) is 15.0. The van der Waals surface area contributed by atoms with Crippen molar-refractivity contribution in [3.8, 4) is 6.07 Å². The lowest BCUT2D eigenvalue weighted by atomic mass is 9.89. The third-order valence-electron chi connectivity index (χ3n) is 5.80. The second-order valence-electron chi connectivity index (χ2n) is 8.37. The first-order valence-corrected chi connectivity index (χ1v) is 11.6. The standard InChI is InChI=1S/C24H39NO5/c1-2-3-19-30-23(27)24(28,29)17-11-8-10-14-21-20(15-16-22(21)26)13-9-6-4-5-7-12-18-25/h9,13,20-21,28-29H,2-8,10-12,14-17,19H2,1H3/t20-,21+/m0/s1. The fourth-order valence-electron chi connectivity index (χ4n) is 3.89. The maximum Gasteiger partial charge on any atom is 0.366 e. The minimum absolute atomic E-state index is 0.0499. The van der Waals surface area contributed by atoms with Crippen LogP contribution in [0.1, 0.15) is 96.8 Å². The molecule has 0 saturated heterocycles. The lowest BCUT2D eigenvalue weighted by Crippen LogP contribution is -2.40. The van der Waals surface area contributed by atoms with E-state index in [4.69, 9.17) is 10.00 Å². The molecule has 0 heterocycles. The summed E-state index contributed by atoms with van der Waals surface area (Å²) in [5.74, 6) is -2.70. The van der Waals surface area contributed by atoms with Gasteiger partial charge in [-0.2, -0.15) is 5.26 Å². The third kappa shape index (κ3) is 10.4. The monoisotopic (exact) mass is 421 g/mol. The van der Waals surface area contributed by atoms with E-state index in [-0.39, 0.29) is 18.9 Å². The number of aliphatic hydroxyl groups is 2. The Hall–Kier alpha value is -1.71. The highest BCUT2D eigenvalue weighted by molar-refractivity contribution is 5.83. The maximum absolute atomic E-state index is 12.2. The van der Waals surface area contributed by atoms with Gasteiger partial charge in [-0.1, -0.05) is 44.8 Å². The second kappa shape index (κ2) is 15.1. The molecule has 0 radical (unpaired) electrons. The van der Waals surface area contributed by atoms with E-state index in [0.717, 1.165) is 57.8 Å². The Labute approximate surface area is 181 Å². The molecule has 30 heavy (non-hydrogen) atoms. The van der Waals surface area contributed by atoms with Gasteiger partial charge in [0.2, 0.25) is 0 Å².